The number of morpholine rings is 1. The number of thiophene rings is 1. The number of nitrogens with zero attached hydrogens (tertiary/aromatic N) is 3. The van der Waals surface area contributed by atoms with E-state index in [4.69, 9.17) is 14.5 Å². The minimum Gasteiger partial charge on any atom is -0.379 e. The third-order valence-electron chi connectivity index (χ3n) is 6.18. The van der Waals surface area contributed by atoms with Crippen molar-refractivity contribution in [2.24, 2.45) is 5.92 Å². The maximum Gasteiger partial charge on any atom is 0.227 e. The number of fused-ring (bicyclic) bond motifs is 6. The molecule has 1 unspecified atom stereocenters. The number of allylic oxidation sites excluding steroid dienone is 3. The molecular weight excluding hydrogens is 462 g/mol. The van der Waals surface area contributed by atoms with Gasteiger partial charge in [0.1, 0.15) is 0 Å². The second kappa shape index (κ2) is 11.7. The highest BCUT2D eigenvalue weighted by atomic mass is 32.1. The van der Waals surface area contributed by atoms with E-state index in [0.29, 0.717) is 32.1 Å². The maximum absolute atomic E-state index is 13.0. The molecule has 0 spiro atoms. The number of nitrogens with one attached hydrogen (secondary N) is 2. The zero-order chi connectivity index (χ0) is 23.9. The van der Waals surface area contributed by atoms with Crippen LogP contribution in [0.4, 0.5) is 5.95 Å². The molecule has 3 aliphatic rings. The van der Waals surface area contributed by atoms with Gasteiger partial charge in [-0.05, 0) is 55.3 Å². The molecule has 5 rings (SSSR count). The molecule has 184 valence electrons. The lowest BCUT2D eigenvalue weighted by Crippen LogP contribution is -2.38. The molecule has 1 fully saturated rings. The smallest absolute Gasteiger partial charge is 0.227 e. The van der Waals surface area contributed by atoms with Crippen molar-refractivity contribution in [3.63, 3.8) is 0 Å². The Kier molecular flexibility index (Phi) is 7.99. The fraction of sp³-hybridized carbons (Fsp3) is 0.423. The summed E-state index contributed by atoms with van der Waals surface area (Å²) in [4.78, 5) is 26.7. The highest BCUT2D eigenvalue weighted by Gasteiger charge is 2.22. The van der Waals surface area contributed by atoms with E-state index in [9.17, 15) is 4.79 Å². The van der Waals surface area contributed by atoms with Crippen molar-refractivity contribution >= 4 is 23.2 Å². The summed E-state index contributed by atoms with van der Waals surface area (Å²) < 4.78 is 11.2. The topological polar surface area (TPSA) is 88.6 Å². The van der Waals surface area contributed by atoms with E-state index in [-0.39, 0.29) is 11.8 Å². The molecule has 9 heteroatoms. The Labute approximate surface area is 209 Å². The third-order valence-corrected chi connectivity index (χ3v) is 7.27. The third kappa shape index (κ3) is 6.64. The van der Waals surface area contributed by atoms with Crippen LogP contribution in [0.5, 0.6) is 0 Å². The first-order valence-corrected chi connectivity index (χ1v) is 13.0. The van der Waals surface area contributed by atoms with Gasteiger partial charge in [-0.25, -0.2) is 9.97 Å². The number of anilines is 1. The first-order chi connectivity index (χ1) is 17.2. The van der Waals surface area contributed by atoms with E-state index < -0.39 is 0 Å². The quantitative estimate of drug-likeness (QED) is 0.618. The Morgan fingerprint density at radius 2 is 2.14 bits per heavy atom. The number of ether oxygens (including phenoxy) is 2. The first kappa shape index (κ1) is 23.9. The highest BCUT2D eigenvalue weighted by molar-refractivity contribution is 7.15. The summed E-state index contributed by atoms with van der Waals surface area (Å²) in [5.74, 6) is 0.297. The number of hydrogen-bond acceptors (Lipinski definition) is 8. The molecule has 1 atom stereocenters. The highest BCUT2D eigenvalue weighted by Crippen LogP contribution is 2.29. The molecule has 8 nitrogen and oxygen atoms in total. The standard InChI is InChI=1S/C26H31N5O3S/c32-25(27-7-2-9-31-10-13-33-14-11-31)20-15-19-3-1-12-34-18-22-4-5-24(35-22)23-6-8-28-26(30-23)29-21(16-19)17-20/h1,3-6,8,16-17,20H,2,7,9-15,18H2,(H,27,32)(H,28,29,30)/b3-1+. The van der Waals surface area contributed by atoms with Gasteiger partial charge in [0, 0.05) is 36.4 Å². The predicted octanol–water partition coefficient (Wildman–Crippen LogP) is 3.37. The second-order valence-corrected chi connectivity index (χ2v) is 9.99. The molecule has 35 heavy (non-hydrogen) atoms. The molecule has 4 heterocycles. The number of amides is 1. The number of hydrogen-bond donors (Lipinski definition) is 2. The predicted molar refractivity (Wildman–Crippen MR) is 137 cm³/mol. The van der Waals surface area contributed by atoms with Crippen LogP contribution in [-0.4, -0.2) is 66.8 Å². The van der Waals surface area contributed by atoms with E-state index in [1.165, 1.54) is 0 Å². The van der Waals surface area contributed by atoms with Crippen LogP contribution in [0.1, 0.15) is 17.7 Å². The van der Waals surface area contributed by atoms with Gasteiger partial charge in [-0.3, -0.25) is 9.69 Å². The Hall–Kier alpha value is -2.85. The SMILES string of the molecule is O=C(NCCCN1CCOCC1)C1C=C2C=C(/C=C/COCc3ccc(s3)-c3ccnc(n3)N2)C1. The number of aromatic nitrogens is 2. The van der Waals surface area contributed by atoms with Crippen LogP contribution in [0.3, 0.4) is 0 Å². The minimum atomic E-state index is -0.259. The molecule has 2 N–H and O–H groups in total. The zero-order valence-corrected chi connectivity index (χ0v) is 20.6. The zero-order valence-electron chi connectivity index (χ0n) is 19.7. The van der Waals surface area contributed by atoms with Crippen molar-refractivity contribution in [1.82, 2.24) is 20.2 Å². The van der Waals surface area contributed by atoms with Crippen LogP contribution >= 0.6 is 11.3 Å². The molecule has 0 radical (unpaired) electrons. The monoisotopic (exact) mass is 493 g/mol. The molecule has 0 aromatic carbocycles. The van der Waals surface area contributed by atoms with Crippen molar-refractivity contribution in [3.05, 3.63) is 64.8 Å². The average Bonchev–Trinajstić information content (AvgIpc) is 3.35. The Bertz CT molecular complexity index is 1120. The Balaban J connectivity index is 1.27. The largest absolute Gasteiger partial charge is 0.379 e. The molecule has 2 aromatic heterocycles. The van der Waals surface area contributed by atoms with Gasteiger partial charge >= 0.3 is 0 Å². The van der Waals surface area contributed by atoms with Crippen molar-refractivity contribution < 1.29 is 14.3 Å². The molecule has 1 saturated heterocycles. The summed E-state index contributed by atoms with van der Waals surface area (Å²) in [5, 5.41) is 6.44. The molecule has 2 aliphatic heterocycles. The van der Waals surface area contributed by atoms with Crippen molar-refractivity contribution in [2.45, 2.75) is 19.4 Å². The summed E-state index contributed by atoms with van der Waals surface area (Å²) in [6.07, 6.45) is 11.4. The van der Waals surface area contributed by atoms with Crippen molar-refractivity contribution in [2.75, 3.05) is 51.3 Å². The molecule has 1 amide bonds. The molecule has 0 saturated carbocycles. The first-order valence-electron chi connectivity index (χ1n) is 12.2. The lowest BCUT2D eigenvalue weighted by atomic mass is 9.91. The van der Waals surface area contributed by atoms with Gasteiger partial charge in [-0.15, -0.1) is 11.3 Å². The number of rotatable bonds is 5. The lowest BCUT2D eigenvalue weighted by Gasteiger charge is -2.26. The summed E-state index contributed by atoms with van der Waals surface area (Å²) in [6, 6.07) is 6.05. The van der Waals surface area contributed by atoms with Gasteiger partial charge in [0.05, 0.1) is 42.9 Å². The van der Waals surface area contributed by atoms with Gasteiger partial charge in [0.25, 0.3) is 0 Å². The summed E-state index contributed by atoms with van der Waals surface area (Å²) in [6.45, 7) is 6.25. The normalized spacial score (nSPS) is 21.5. The molecular formula is C26H31N5O3S. The molecule has 2 aromatic rings. The van der Waals surface area contributed by atoms with Gasteiger partial charge in [-0.1, -0.05) is 12.2 Å². The number of carbonyl (C=O) groups is 1. The van der Waals surface area contributed by atoms with E-state index >= 15 is 0 Å². The Morgan fingerprint density at radius 3 is 3.06 bits per heavy atom. The lowest BCUT2D eigenvalue weighted by molar-refractivity contribution is -0.123. The van der Waals surface area contributed by atoms with E-state index in [0.717, 1.165) is 66.0 Å². The van der Waals surface area contributed by atoms with Crippen LogP contribution < -0.4 is 10.6 Å². The van der Waals surface area contributed by atoms with Gasteiger partial charge < -0.3 is 20.1 Å². The van der Waals surface area contributed by atoms with Crippen molar-refractivity contribution in [3.8, 4) is 10.6 Å². The Morgan fingerprint density at radius 1 is 1.23 bits per heavy atom. The number of carbonyl (C=O) groups excluding carboxylic acids is 1. The molecule has 1 aliphatic carbocycles. The summed E-state index contributed by atoms with van der Waals surface area (Å²) in [7, 11) is 0. The summed E-state index contributed by atoms with van der Waals surface area (Å²) in [5.41, 5.74) is 2.75. The van der Waals surface area contributed by atoms with Crippen LogP contribution in [0.25, 0.3) is 10.6 Å². The fourth-order valence-electron chi connectivity index (χ4n) is 4.37. The van der Waals surface area contributed by atoms with E-state index in [2.05, 4.69) is 38.7 Å². The van der Waals surface area contributed by atoms with Crippen LogP contribution in [0.2, 0.25) is 0 Å². The second-order valence-electron chi connectivity index (χ2n) is 8.82. The summed E-state index contributed by atoms with van der Waals surface area (Å²) >= 11 is 1.67. The van der Waals surface area contributed by atoms with Gasteiger partial charge in [-0.2, -0.15) is 0 Å². The van der Waals surface area contributed by atoms with Gasteiger partial charge in [0.2, 0.25) is 11.9 Å². The van der Waals surface area contributed by atoms with Crippen LogP contribution in [-0.2, 0) is 20.9 Å². The average molecular weight is 494 g/mol. The van der Waals surface area contributed by atoms with Crippen LogP contribution in [0, 0.1) is 5.92 Å². The fourth-order valence-corrected chi connectivity index (χ4v) is 5.29. The van der Waals surface area contributed by atoms with Gasteiger partial charge in [0.15, 0.2) is 0 Å². The maximum atomic E-state index is 13.0. The molecule has 6 bridgehead atoms. The minimum absolute atomic E-state index is 0.0416. The van der Waals surface area contributed by atoms with E-state index in [1.807, 2.05) is 24.3 Å². The van der Waals surface area contributed by atoms with E-state index in [1.54, 1.807) is 17.5 Å². The van der Waals surface area contributed by atoms with Crippen molar-refractivity contribution in [1.29, 1.82) is 0 Å². The van der Waals surface area contributed by atoms with Crippen LogP contribution in [0.15, 0.2) is 60.0 Å².